The van der Waals surface area contributed by atoms with Crippen molar-refractivity contribution in [1.29, 1.82) is 0 Å². The molecule has 0 bridgehead atoms. The Morgan fingerprint density at radius 3 is 2.71 bits per heavy atom. The van der Waals surface area contributed by atoms with Crippen molar-refractivity contribution in [2.45, 2.75) is 19.1 Å². The third-order valence-electron chi connectivity index (χ3n) is 2.78. The van der Waals surface area contributed by atoms with E-state index in [1.165, 1.54) is 0 Å². The van der Waals surface area contributed by atoms with Crippen LogP contribution in [0.15, 0.2) is 36.7 Å². The number of halogens is 3. The Hall–Kier alpha value is -2.51. The van der Waals surface area contributed by atoms with Crippen LogP contribution in [0.5, 0.6) is 0 Å². The molecule has 0 spiro atoms. The van der Waals surface area contributed by atoms with Crippen molar-refractivity contribution in [2.75, 3.05) is 11.1 Å². The van der Waals surface area contributed by atoms with Crippen LogP contribution in [0.25, 0.3) is 0 Å². The second-order valence-corrected chi connectivity index (χ2v) is 4.37. The fourth-order valence-electron chi connectivity index (χ4n) is 1.71. The molecule has 1 amide bonds. The van der Waals surface area contributed by atoms with E-state index in [4.69, 9.17) is 5.73 Å². The molecule has 1 aromatic carbocycles. The van der Waals surface area contributed by atoms with E-state index in [0.717, 1.165) is 18.2 Å². The zero-order chi connectivity index (χ0) is 15.5. The van der Waals surface area contributed by atoms with Gasteiger partial charge in [-0.25, -0.2) is 0 Å². The van der Waals surface area contributed by atoms with Gasteiger partial charge in [-0.15, -0.1) is 0 Å². The lowest BCUT2D eigenvalue weighted by Crippen LogP contribution is -2.16. The van der Waals surface area contributed by atoms with E-state index in [9.17, 15) is 18.0 Å². The fourth-order valence-corrected chi connectivity index (χ4v) is 1.71. The lowest BCUT2D eigenvalue weighted by molar-refractivity contribution is -0.137. The van der Waals surface area contributed by atoms with E-state index in [2.05, 4.69) is 10.4 Å². The molecule has 0 unspecified atom stereocenters. The summed E-state index contributed by atoms with van der Waals surface area (Å²) >= 11 is 0. The summed E-state index contributed by atoms with van der Waals surface area (Å²) < 4.78 is 39.0. The monoisotopic (exact) mass is 298 g/mol. The number of carbonyl (C=O) groups is 1. The van der Waals surface area contributed by atoms with Crippen molar-refractivity contribution in [3.05, 3.63) is 42.2 Å². The number of nitrogens with one attached hydrogen (secondary N) is 1. The summed E-state index contributed by atoms with van der Waals surface area (Å²) in [5, 5.41) is 6.42. The first kappa shape index (κ1) is 14.9. The van der Waals surface area contributed by atoms with Gasteiger partial charge in [-0.1, -0.05) is 0 Å². The van der Waals surface area contributed by atoms with Crippen molar-refractivity contribution in [1.82, 2.24) is 9.78 Å². The first-order chi connectivity index (χ1) is 9.86. The molecule has 0 atom stereocenters. The van der Waals surface area contributed by atoms with Crippen molar-refractivity contribution in [3.63, 3.8) is 0 Å². The van der Waals surface area contributed by atoms with Crippen LogP contribution < -0.4 is 11.1 Å². The molecule has 0 aliphatic carbocycles. The van der Waals surface area contributed by atoms with Crippen LogP contribution >= 0.6 is 0 Å². The van der Waals surface area contributed by atoms with E-state index >= 15 is 0 Å². The maximum Gasteiger partial charge on any atom is 0.416 e. The SMILES string of the molecule is Nc1cc(C(F)(F)F)ccc1NC(=O)CCn1cccn1. The molecule has 3 N–H and O–H groups in total. The number of anilines is 2. The zero-order valence-electron chi connectivity index (χ0n) is 10.9. The molecule has 0 saturated carbocycles. The highest BCUT2D eigenvalue weighted by atomic mass is 19.4. The molecule has 1 heterocycles. The van der Waals surface area contributed by atoms with Gasteiger partial charge in [0.1, 0.15) is 0 Å². The third kappa shape index (κ3) is 3.98. The predicted octanol–water partition coefficient (Wildman–Crippen LogP) is 2.51. The minimum absolute atomic E-state index is 0.128. The van der Waals surface area contributed by atoms with Gasteiger partial charge in [0.2, 0.25) is 5.91 Å². The van der Waals surface area contributed by atoms with Gasteiger partial charge in [-0.05, 0) is 24.3 Å². The van der Waals surface area contributed by atoms with Gasteiger partial charge in [-0.3, -0.25) is 9.48 Å². The number of nitrogens with zero attached hydrogens (tertiary/aromatic N) is 2. The number of nitrogen functional groups attached to an aromatic ring is 1. The van der Waals surface area contributed by atoms with Gasteiger partial charge in [0, 0.05) is 25.4 Å². The van der Waals surface area contributed by atoms with Gasteiger partial charge in [0.05, 0.1) is 16.9 Å². The van der Waals surface area contributed by atoms with Crippen molar-refractivity contribution >= 4 is 17.3 Å². The Morgan fingerprint density at radius 1 is 1.38 bits per heavy atom. The molecule has 0 radical (unpaired) electrons. The number of hydrogen-bond acceptors (Lipinski definition) is 3. The Kier molecular flexibility index (Phi) is 4.15. The van der Waals surface area contributed by atoms with Crippen LogP contribution in [0.3, 0.4) is 0 Å². The number of rotatable bonds is 4. The molecular weight excluding hydrogens is 285 g/mol. The molecule has 21 heavy (non-hydrogen) atoms. The lowest BCUT2D eigenvalue weighted by Gasteiger charge is -2.12. The van der Waals surface area contributed by atoms with Crippen molar-refractivity contribution in [3.8, 4) is 0 Å². The van der Waals surface area contributed by atoms with Crippen LogP contribution in [0, 0.1) is 0 Å². The molecule has 0 fully saturated rings. The summed E-state index contributed by atoms with van der Waals surface area (Å²) in [5.41, 5.74) is 4.71. The molecule has 0 aliphatic heterocycles. The number of aryl methyl sites for hydroxylation is 1. The summed E-state index contributed by atoms with van der Waals surface area (Å²) in [6, 6.07) is 4.54. The van der Waals surface area contributed by atoms with Crippen LogP contribution in [-0.4, -0.2) is 15.7 Å². The molecular formula is C13H13F3N4O. The normalized spacial score (nSPS) is 11.4. The molecule has 0 saturated heterocycles. The molecule has 0 aliphatic rings. The molecule has 2 aromatic rings. The van der Waals surface area contributed by atoms with E-state index < -0.39 is 11.7 Å². The number of hydrogen-bond donors (Lipinski definition) is 2. The van der Waals surface area contributed by atoms with Gasteiger partial charge in [0.15, 0.2) is 0 Å². The largest absolute Gasteiger partial charge is 0.416 e. The van der Waals surface area contributed by atoms with Gasteiger partial charge in [0.25, 0.3) is 0 Å². The highest BCUT2D eigenvalue weighted by Crippen LogP contribution is 2.32. The minimum Gasteiger partial charge on any atom is -0.397 e. The molecule has 1 aromatic heterocycles. The number of carbonyl (C=O) groups excluding carboxylic acids is 1. The van der Waals surface area contributed by atoms with E-state index in [1.54, 1.807) is 23.1 Å². The van der Waals surface area contributed by atoms with Gasteiger partial charge in [-0.2, -0.15) is 18.3 Å². The van der Waals surface area contributed by atoms with E-state index in [-0.39, 0.29) is 23.7 Å². The topological polar surface area (TPSA) is 72.9 Å². The highest BCUT2D eigenvalue weighted by molar-refractivity contribution is 5.93. The Morgan fingerprint density at radius 2 is 2.14 bits per heavy atom. The summed E-state index contributed by atoms with van der Waals surface area (Å²) in [7, 11) is 0. The number of nitrogens with two attached hydrogens (primary N) is 1. The summed E-state index contributed by atoms with van der Waals surface area (Å²) in [4.78, 5) is 11.7. The highest BCUT2D eigenvalue weighted by Gasteiger charge is 2.30. The first-order valence-corrected chi connectivity index (χ1v) is 6.10. The van der Waals surface area contributed by atoms with Crippen LogP contribution in [0.1, 0.15) is 12.0 Å². The molecule has 2 rings (SSSR count). The summed E-state index contributed by atoms with van der Waals surface area (Å²) in [5.74, 6) is -0.350. The number of aromatic nitrogens is 2. The maximum absolute atomic E-state index is 12.5. The Balaban J connectivity index is 1.97. The van der Waals surface area contributed by atoms with Crippen molar-refractivity contribution in [2.24, 2.45) is 0 Å². The van der Waals surface area contributed by atoms with Crippen LogP contribution in [-0.2, 0) is 17.5 Å². The van der Waals surface area contributed by atoms with Crippen LogP contribution in [0.4, 0.5) is 24.5 Å². The Labute approximate surface area is 118 Å². The lowest BCUT2D eigenvalue weighted by atomic mass is 10.1. The van der Waals surface area contributed by atoms with Gasteiger partial charge < -0.3 is 11.1 Å². The number of benzene rings is 1. The zero-order valence-corrected chi connectivity index (χ0v) is 10.9. The van der Waals surface area contributed by atoms with Gasteiger partial charge >= 0.3 is 6.18 Å². The Bertz CT molecular complexity index is 623. The standard InChI is InChI=1S/C13H13F3N4O/c14-13(15,16)9-2-3-11(10(17)8-9)19-12(21)4-7-20-6-1-5-18-20/h1-3,5-6,8H,4,7,17H2,(H,19,21). The third-order valence-corrected chi connectivity index (χ3v) is 2.78. The molecule has 5 nitrogen and oxygen atoms in total. The molecule has 112 valence electrons. The summed E-state index contributed by atoms with van der Waals surface area (Å²) in [6.45, 7) is 0.374. The minimum atomic E-state index is -4.46. The predicted molar refractivity (Wildman–Crippen MR) is 71.3 cm³/mol. The van der Waals surface area contributed by atoms with E-state index in [1.807, 2.05) is 0 Å². The smallest absolute Gasteiger partial charge is 0.397 e. The van der Waals surface area contributed by atoms with Crippen LogP contribution in [0.2, 0.25) is 0 Å². The number of amides is 1. The molecule has 8 heteroatoms. The quantitative estimate of drug-likeness (QED) is 0.852. The second-order valence-electron chi connectivity index (χ2n) is 4.37. The first-order valence-electron chi connectivity index (χ1n) is 6.10. The van der Waals surface area contributed by atoms with Crippen molar-refractivity contribution < 1.29 is 18.0 Å². The maximum atomic E-state index is 12.5. The average Bonchev–Trinajstić information content (AvgIpc) is 2.91. The average molecular weight is 298 g/mol. The fraction of sp³-hybridized carbons (Fsp3) is 0.231. The second kappa shape index (κ2) is 5.86. The van der Waals surface area contributed by atoms with E-state index in [0.29, 0.717) is 6.54 Å². The summed E-state index contributed by atoms with van der Waals surface area (Å²) in [6.07, 6.45) is -1.02. The number of alkyl halides is 3.